The minimum atomic E-state index is 0.0478. The molecule has 2 aromatic rings. The molecule has 0 bridgehead atoms. The van der Waals surface area contributed by atoms with Crippen LogP contribution in [-0.4, -0.2) is 47.8 Å². The molecule has 0 radical (unpaired) electrons. The van der Waals surface area contributed by atoms with Crippen LogP contribution in [0.5, 0.6) is 0 Å². The van der Waals surface area contributed by atoms with Crippen molar-refractivity contribution >= 4 is 11.8 Å². The van der Waals surface area contributed by atoms with Crippen LogP contribution < -0.4 is 0 Å². The molecule has 4 heteroatoms. The molecule has 0 spiro atoms. The number of aryl methyl sites for hydroxylation is 1. The number of rotatable bonds is 4. The van der Waals surface area contributed by atoms with E-state index in [2.05, 4.69) is 45.0 Å². The summed E-state index contributed by atoms with van der Waals surface area (Å²) in [6, 6.07) is 17.9. The maximum atomic E-state index is 12.6. The van der Waals surface area contributed by atoms with Gasteiger partial charge in [-0.1, -0.05) is 63.2 Å². The van der Waals surface area contributed by atoms with Crippen LogP contribution in [-0.2, 0) is 16.6 Å². The summed E-state index contributed by atoms with van der Waals surface area (Å²) in [5.41, 5.74) is 3.35. The van der Waals surface area contributed by atoms with Crippen molar-refractivity contribution in [2.75, 3.05) is 26.2 Å². The molecular formula is C24H30N2O2. The minimum absolute atomic E-state index is 0.0478. The minimum Gasteiger partial charge on any atom is -0.339 e. The van der Waals surface area contributed by atoms with Gasteiger partial charge in [-0.2, -0.15) is 0 Å². The zero-order valence-corrected chi connectivity index (χ0v) is 17.1. The zero-order chi connectivity index (χ0) is 20.1. The number of carbonyl (C=O) groups excluding carboxylic acids is 2. The van der Waals surface area contributed by atoms with Gasteiger partial charge in [-0.15, -0.1) is 0 Å². The van der Waals surface area contributed by atoms with E-state index in [1.54, 1.807) is 0 Å². The topological polar surface area (TPSA) is 40.6 Å². The van der Waals surface area contributed by atoms with Crippen molar-refractivity contribution in [1.29, 1.82) is 0 Å². The first-order valence-corrected chi connectivity index (χ1v) is 10.1. The molecule has 2 aromatic carbocycles. The van der Waals surface area contributed by atoms with Gasteiger partial charge in [-0.3, -0.25) is 9.59 Å². The molecule has 1 fully saturated rings. The summed E-state index contributed by atoms with van der Waals surface area (Å²) in [5, 5.41) is 0. The third-order valence-corrected chi connectivity index (χ3v) is 5.39. The van der Waals surface area contributed by atoms with Gasteiger partial charge < -0.3 is 9.80 Å². The predicted octanol–water partition coefficient (Wildman–Crippen LogP) is 3.90. The van der Waals surface area contributed by atoms with E-state index in [4.69, 9.17) is 0 Å². The third kappa shape index (κ3) is 5.00. The number of nitrogens with zero attached hydrogens (tertiary/aromatic N) is 2. The van der Waals surface area contributed by atoms with E-state index in [-0.39, 0.29) is 17.2 Å². The molecule has 4 nitrogen and oxygen atoms in total. The van der Waals surface area contributed by atoms with E-state index in [1.807, 2.05) is 40.1 Å². The van der Waals surface area contributed by atoms with Crippen LogP contribution in [0.25, 0.3) is 0 Å². The summed E-state index contributed by atoms with van der Waals surface area (Å²) >= 11 is 0. The molecule has 3 rings (SSSR count). The van der Waals surface area contributed by atoms with Gasteiger partial charge >= 0.3 is 0 Å². The van der Waals surface area contributed by atoms with Gasteiger partial charge in [-0.05, 0) is 35.1 Å². The van der Waals surface area contributed by atoms with E-state index >= 15 is 0 Å². The lowest BCUT2D eigenvalue weighted by Crippen LogP contribution is -2.50. The molecule has 1 saturated heterocycles. The quantitative estimate of drug-likeness (QED) is 0.810. The molecule has 148 valence electrons. The molecule has 0 unspecified atom stereocenters. The first kappa shape index (κ1) is 20.1. The van der Waals surface area contributed by atoms with Crippen molar-refractivity contribution in [3.63, 3.8) is 0 Å². The van der Waals surface area contributed by atoms with E-state index in [1.165, 1.54) is 11.1 Å². The van der Waals surface area contributed by atoms with Gasteiger partial charge in [0.2, 0.25) is 5.91 Å². The molecule has 1 heterocycles. The second-order valence-electron chi connectivity index (χ2n) is 8.49. The highest BCUT2D eigenvalue weighted by Crippen LogP contribution is 2.22. The smallest absolute Gasteiger partial charge is 0.253 e. The fourth-order valence-electron chi connectivity index (χ4n) is 3.50. The van der Waals surface area contributed by atoms with E-state index in [0.717, 1.165) is 6.42 Å². The maximum absolute atomic E-state index is 12.6. The van der Waals surface area contributed by atoms with E-state index in [0.29, 0.717) is 38.2 Å². The first-order chi connectivity index (χ1) is 13.3. The molecule has 2 amide bonds. The molecular weight excluding hydrogens is 348 g/mol. The SMILES string of the molecule is CC(C)(C)c1ccc(CCC(=O)N2CCN(C(=O)c3ccccc3)CC2)cc1. The average Bonchev–Trinajstić information content (AvgIpc) is 2.72. The van der Waals surface area contributed by atoms with Crippen molar-refractivity contribution in [2.24, 2.45) is 0 Å². The van der Waals surface area contributed by atoms with E-state index in [9.17, 15) is 9.59 Å². The van der Waals surface area contributed by atoms with Gasteiger partial charge in [0.25, 0.3) is 5.91 Å². The normalized spacial score (nSPS) is 14.8. The number of hydrogen-bond donors (Lipinski definition) is 0. The third-order valence-electron chi connectivity index (χ3n) is 5.39. The van der Waals surface area contributed by atoms with Crippen molar-refractivity contribution in [3.05, 3.63) is 71.3 Å². The Morgan fingerprint density at radius 3 is 1.96 bits per heavy atom. The van der Waals surface area contributed by atoms with Gasteiger partial charge in [0.1, 0.15) is 0 Å². The van der Waals surface area contributed by atoms with Crippen LogP contribution in [0.2, 0.25) is 0 Å². The average molecular weight is 379 g/mol. The zero-order valence-electron chi connectivity index (χ0n) is 17.1. The van der Waals surface area contributed by atoms with Crippen molar-refractivity contribution in [1.82, 2.24) is 9.80 Å². The predicted molar refractivity (Wildman–Crippen MR) is 112 cm³/mol. The molecule has 0 aromatic heterocycles. The largest absolute Gasteiger partial charge is 0.339 e. The Morgan fingerprint density at radius 1 is 0.821 bits per heavy atom. The Hall–Kier alpha value is -2.62. The lowest BCUT2D eigenvalue weighted by atomic mass is 9.86. The Balaban J connectivity index is 1.47. The standard InChI is InChI=1S/C24H30N2O2/c1-24(2,3)21-12-9-19(10-13-21)11-14-22(27)25-15-17-26(18-16-25)23(28)20-7-5-4-6-8-20/h4-10,12-13H,11,14-18H2,1-3H3. The van der Waals surface area contributed by atoms with Crippen molar-refractivity contribution in [3.8, 4) is 0 Å². The highest BCUT2D eigenvalue weighted by atomic mass is 16.2. The molecule has 0 N–H and O–H groups in total. The summed E-state index contributed by atoms with van der Waals surface area (Å²) < 4.78 is 0. The Kier molecular flexibility index (Phi) is 6.18. The first-order valence-electron chi connectivity index (χ1n) is 10.1. The number of piperazine rings is 1. The Bertz CT molecular complexity index is 799. The van der Waals surface area contributed by atoms with Crippen LogP contribution in [0.3, 0.4) is 0 Å². The highest BCUT2D eigenvalue weighted by molar-refractivity contribution is 5.94. The van der Waals surface area contributed by atoms with Gasteiger partial charge in [-0.25, -0.2) is 0 Å². The summed E-state index contributed by atoms with van der Waals surface area (Å²) in [7, 11) is 0. The molecule has 1 aliphatic heterocycles. The molecule has 0 aliphatic carbocycles. The molecule has 28 heavy (non-hydrogen) atoms. The summed E-state index contributed by atoms with van der Waals surface area (Å²) in [4.78, 5) is 28.8. The van der Waals surface area contributed by atoms with Crippen LogP contribution in [0.1, 0.15) is 48.7 Å². The summed E-state index contributed by atoms with van der Waals surface area (Å²) in [5.74, 6) is 0.221. The van der Waals surface area contributed by atoms with Crippen LogP contribution in [0, 0.1) is 0 Å². The molecule has 0 atom stereocenters. The van der Waals surface area contributed by atoms with Gasteiger partial charge in [0, 0.05) is 38.2 Å². The van der Waals surface area contributed by atoms with Gasteiger partial charge in [0.05, 0.1) is 0 Å². The number of benzene rings is 2. The Labute approximate surface area is 168 Å². The van der Waals surface area contributed by atoms with E-state index < -0.39 is 0 Å². The molecule has 0 saturated carbocycles. The maximum Gasteiger partial charge on any atom is 0.253 e. The number of hydrogen-bond acceptors (Lipinski definition) is 2. The second kappa shape index (κ2) is 8.59. The lowest BCUT2D eigenvalue weighted by molar-refractivity contribution is -0.132. The van der Waals surface area contributed by atoms with Crippen molar-refractivity contribution in [2.45, 2.75) is 39.0 Å². The van der Waals surface area contributed by atoms with Crippen molar-refractivity contribution < 1.29 is 9.59 Å². The van der Waals surface area contributed by atoms with Gasteiger partial charge in [0.15, 0.2) is 0 Å². The van der Waals surface area contributed by atoms with Crippen LogP contribution in [0.15, 0.2) is 54.6 Å². The van der Waals surface area contributed by atoms with Crippen LogP contribution >= 0.6 is 0 Å². The molecule has 1 aliphatic rings. The summed E-state index contributed by atoms with van der Waals surface area (Å²) in [6.07, 6.45) is 1.27. The fourth-order valence-corrected chi connectivity index (χ4v) is 3.50. The monoisotopic (exact) mass is 378 g/mol. The fraction of sp³-hybridized carbons (Fsp3) is 0.417. The number of carbonyl (C=O) groups is 2. The summed E-state index contributed by atoms with van der Waals surface area (Å²) in [6.45, 7) is 9.02. The van der Waals surface area contributed by atoms with Crippen LogP contribution in [0.4, 0.5) is 0 Å². The number of amides is 2. The lowest BCUT2D eigenvalue weighted by Gasteiger charge is -2.35. The highest BCUT2D eigenvalue weighted by Gasteiger charge is 2.24. The Morgan fingerprint density at radius 2 is 1.39 bits per heavy atom. The second-order valence-corrected chi connectivity index (χ2v) is 8.49.